The summed E-state index contributed by atoms with van der Waals surface area (Å²) in [7, 11) is 0. The molecule has 1 N–H and O–H groups in total. The number of aliphatic carboxylic acids is 1. The van der Waals surface area contributed by atoms with Gasteiger partial charge in [0.15, 0.2) is 0 Å². The lowest BCUT2D eigenvalue weighted by Gasteiger charge is -2.16. The van der Waals surface area contributed by atoms with Crippen LogP contribution in [0.4, 0.5) is 0 Å². The third-order valence-corrected chi connectivity index (χ3v) is 3.69. The lowest BCUT2D eigenvalue weighted by Crippen LogP contribution is -2.30. The van der Waals surface area contributed by atoms with Crippen LogP contribution in [0.15, 0.2) is 42.7 Å². The first-order chi connectivity index (χ1) is 10.1. The Bertz CT molecular complexity index is 667. The molecule has 0 saturated carbocycles. The summed E-state index contributed by atoms with van der Waals surface area (Å²) < 4.78 is 1.68. The normalized spacial score (nSPS) is 17.9. The fourth-order valence-corrected chi connectivity index (χ4v) is 2.53. The number of rotatable bonds is 3. The second kappa shape index (κ2) is 5.40. The largest absolute Gasteiger partial charge is 0.481 e. The molecule has 1 aromatic heterocycles. The van der Waals surface area contributed by atoms with E-state index in [1.165, 1.54) is 0 Å². The summed E-state index contributed by atoms with van der Waals surface area (Å²) in [5.74, 6) is -1.42. The van der Waals surface area contributed by atoms with Gasteiger partial charge in [0.05, 0.1) is 11.6 Å². The lowest BCUT2D eigenvalue weighted by molar-refractivity contribution is -0.141. The molecule has 1 aliphatic heterocycles. The van der Waals surface area contributed by atoms with Gasteiger partial charge in [-0.3, -0.25) is 9.59 Å². The van der Waals surface area contributed by atoms with Gasteiger partial charge in [-0.25, -0.2) is 4.68 Å². The molecule has 0 aliphatic carbocycles. The number of likely N-dealkylation sites (tertiary alicyclic amines) is 1. The fraction of sp³-hybridized carbons (Fsp3) is 0.267. The van der Waals surface area contributed by atoms with E-state index >= 15 is 0 Å². The zero-order valence-electron chi connectivity index (χ0n) is 11.3. The van der Waals surface area contributed by atoms with Crippen molar-refractivity contribution in [2.75, 3.05) is 13.1 Å². The van der Waals surface area contributed by atoms with E-state index < -0.39 is 11.9 Å². The smallest absolute Gasteiger partial charge is 0.308 e. The summed E-state index contributed by atoms with van der Waals surface area (Å²) in [6.07, 6.45) is 3.99. The number of nitrogens with zero attached hydrogens (tertiary/aromatic N) is 3. The number of carboxylic acid groups (broad SMARTS) is 1. The Kier molecular flexibility index (Phi) is 3.43. The van der Waals surface area contributed by atoms with Gasteiger partial charge in [0.1, 0.15) is 0 Å². The molecule has 0 spiro atoms. The summed E-state index contributed by atoms with van der Waals surface area (Å²) in [6, 6.07) is 8.99. The van der Waals surface area contributed by atoms with Gasteiger partial charge in [-0.2, -0.15) is 5.10 Å². The van der Waals surface area contributed by atoms with Crippen molar-refractivity contribution >= 4 is 11.9 Å². The summed E-state index contributed by atoms with van der Waals surface area (Å²) in [4.78, 5) is 25.0. The second-order valence-corrected chi connectivity index (χ2v) is 5.08. The van der Waals surface area contributed by atoms with E-state index in [9.17, 15) is 9.59 Å². The van der Waals surface area contributed by atoms with Gasteiger partial charge in [-0.15, -0.1) is 0 Å². The summed E-state index contributed by atoms with van der Waals surface area (Å²) in [5, 5.41) is 13.1. The van der Waals surface area contributed by atoms with Gasteiger partial charge in [0.2, 0.25) is 0 Å². The van der Waals surface area contributed by atoms with Crippen LogP contribution in [0, 0.1) is 5.92 Å². The van der Waals surface area contributed by atoms with E-state index in [2.05, 4.69) is 5.10 Å². The molecule has 1 saturated heterocycles. The molecule has 1 atom stereocenters. The quantitative estimate of drug-likeness (QED) is 0.925. The van der Waals surface area contributed by atoms with Crippen LogP contribution in [0.25, 0.3) is 5.69 Å². The number of carboxylic acids is 1. The Hall–Kier alpha value is -2.63. The first-order valence-corrected chi connectivity index (χ1v) is 6.77. The van der Waals surface area contributed by atoms with Crippen molar-refractivity contribution in [3.63, 3.8) is 0 Å². The highest BCUT2D eigenvalue weighted by atomic mass is 16.4. The third-order valence-electron chi connectivity index (χ3n) is 3.69. The Morgan fingerprint density at radius 1 is 1.29 bits per heavy atom. The van der Waals surface area contributed by atoms with Crippen molar-refractivity contribution in [3.05, 3.63) is 48.3 Å². The summed E-state index contributed by atoms with van der Waals surface area (Å²) in [6.45, 7) is 0.766. The number of amides is 1. The molecule has 6 heteroatoms. The molecular weight excluding hydrogens is 270 g/mol. The van der Waals surface area contributed by atoms with Gasteiger partial charge in [-0.05, 0) is 30.7 Å². The van der Waals surface area contributed by atoms with E-state index in [0.29, 0.717) is 18.5 Å². The Balaban J connectivity index is 1.80. The van der Waals surface area contributed by atoms with Gasteiger partial charge < -0.3 is 10.0 Å². The Morgan fingerprint density at radius 3 is 2.81 bits per heavy atom. The highest BCUT2D eigenvalue weighted by molar-refractivity contribution is 5.95. The standard InChI is InChI=1S/C15H15N3O3/c19-14(17-8-5-12(10-17)15(20)21)11-3-1-4-13(9-11)18-7-2-6-16-18/h1-4,6-7,9,12H,5,8,10H2,(H,20,21). The highest BCUT2D eigenvalue weighted by Gasteiger charge is 2.31. The first-order valence-electron chi connectivity index (χ1n) is 6.77. The van der Waals surface area contributed by atoms with Crippen molar-refractivity contribution in [1.82, 2.24) is 14.7 Å². The molecule has 1 amide bonds. The van der Waals surface area contributed by atoms with Gasteiger partial charge >= 0.3 is 5.97 Å². The number of benzene rings is 1. The third kappa shape index (κ3) is 2.65. The number of hydrogen-bond acceptors (Lipinski definition) is 3. The topological polar surface area (TPSA) is 75.4 Å². The second-order valence-electron chi connectivity index (χ2n) is 5.08. The molecule has 6 nitrogen and oxygen atoms in total. The monoisotopic (exact) mass is 285 g/mol. The van der Waals surface area contributed by atoms with Crippen LogP contribution in [0.3, 0.4) is 0 Å². The van der Waals surface area contributed by atoms with E-state index in [1.807, 2.05) is 12.1 Å². The number of hydrogen-bond donors (Lipinski definition) is 1. The molecule has 108 valence electrons. The molecule has 21 heavy (non-hydrogen) atoms. The zero-order valence-corrected chi connectivity index (χ0v) is 11.3. The SMILES string of the molecule is O=C(O)C1CCN(C(=O)c2cccc(-n3cccn3)c2)C1. The van der Waals surface area contributed by atoms with E-state index in [0.717, 1.165) is 5.69 Å². The number of carbonyl (C=O) groups excluding carboxylic acids is 1. The minimum atomic E-state index is -0.837. The highest BCUT2D eigenvalue weighted by Crippen LogP contribution is 2.20. The van der Waals surface area contributed by atoms with Crippen LogP contribution in [0.2, 0.25) is 0 Å². The zero-order chi connectivity index (χ0) is 14.8. The predicted molar refractivity (Wildman–Crippen MR) is 75.2 cm³/mol. The number of carbonyl (C=O) groups is 2. The molecule has 0 radical (unpaired) electrons. The van der Waals surface area contributed by atoms with Crippen LogP contribution < -0.4 is 0 Å². The van der Waals surface area contributed by atoms with Crippen molar-refractivity contribution in [3.8, 4) is 5.69 Å². The van der Waals surface area contributed by atoms with E-state index in [4.69, 9.17) is 5.11 Å². The summed E-state index contributed by atoms with van der Waals surface area (Å²) >= 11 is 0. The molecule has 1 aliphatic rings. The molecule has 1 unspecified atom stereocenters. The summed E-state index contributed by atoms with van der Waals surface area (Å²) in [5.41, 5.74) is 1.36. The molecule has 2 aromatic rings. The average Bonchev–Trinajstić information content (AvgIpc) is 3.18. The van der Waals surface area contributed by atoms with Crippen molar-refractivity contribution in [2.24, 2.45) is 5.92 Å². The maximum Gasteiger partial charge on any atom is 0.308 e. The molecule has 1 aromatic carbocycles. The predicted octanol–water partition coefficient (Wildman–Crippen LogP) is 1.42. The molecule has 3 rings (SSSR count). The molecule has 2 heterocycles. The van der Waals surface area contributed by atoms with Crippen molar-refractivity contribution in [2.45, 2.75) is 6.42 Å². The van der Waals surface area contributed by atoms with Crippen LogP contribution >= 0.6 is 0 Å². The van der Waals surface area contributed by atoms with Gasteiger partial charge in [-0.1, -0.05) is 6.07 Å². The van der Waals surface area contributed by atoms with E-state index in [1.54, 1.807) is 40.2 Å². The van der Waals surface area contributed by atoms with Crippen molar-refractivity contribution < 1.29 is 14.7 Å². The minimum absolute atomic E-state index is 0.132. The van der Waals surface area contributed by atoms with E-state index in [-0.39, 0.29) is 12.5 Å². The maximum absolute atomic E-state index is 12.4. The maximum atomic E-state index is 12.4. The van der Waals surface area contributed by atoms with Crippen LogP contribution in [0.5, 0.6) is 0 Å². The van der Waals surface area contributed by atoms with Gasteiger partial charge in [0, 0.05) is 31.0 Å². The molecular formula is C15H15N3O3. The molecule has 0 bridgehead atoms. The fourth-order valence-electron chi connectivity index (χ4n) is 2.53. The van der Waals surface area contributed by atoms with Crippen LogP contribution in [-0.4, -0.2) is 44.8 Å². The number of aromatic nitrogens is 2. The van der Waals surface area contributed by atoms with Gasteiger partial charge in [0.25, 0.3) is 5.91 Å². The Labute approximate surface area is 121 Å². The van der Waals surface area contributed by atoms with Crippen LogP contribution in [0.1, 0.15) is 16.8 Å². The lowest BCUT2D eigenvalue weighted by atomic mass is 10.1. The average molecular weight is 285 g/mol. The Morgan fingerprint density at radius 2 is 2.14 bits per heavy atom. The van der Waals surface area contributed by atoms with Crippen LogP contribution in [-0.2, 0) is 4.79 Å². The first kappa shape index (κ1) is 13.4. The minimum Gasteiger partial charge on any atom is -0.481 e. The van der Waals surface area contributed by atoms with Crippen molar-refractivity contribution in [1.29, 1.82) is 0 Å². The molecule has 1 fully saturated rings.